The molecule has 15 heavy (non-hydrogen) atoms. The van der Waals surface area contributed by atoms with E-state index in [2.05, 4.69) is 4.98 Å². The lowest BCUT2D eigenvalue weighted by molar-refractivity contribution is -0.120. The van der Waals surface area contributed by atoms with Crippen LogP contribution < -0.4 is 4.90 Å². The molecule has 4 nitrogen and oxygen atoms in total. The second-order valence-electron chi connectivity index (χ2n) is 3.94. The third kappa shape index (κ3) is 2.15. The molecular weight excluding hydrogens is 190 g/mol. The second kappa shape index (κ2) is 3.98. The van der Waals surface area contributed by atoms with E-state index in [0.29, 0.717) is 6.54 Å². The Morgan fingerprint density at radius 1 is 1.40 bits per heavy atom. The summed E-state index contributed by atoms with van der Waals surface area (Å²) in [6, 6.07) is 3.83. The van der Waals surface area contributed by atoms with Crippen LogP contribution in [0.2, 0.25) is 0 Å². The van der Waals surface area contributed by atoms with Crippen LogP contribution >= 0.6 is 0 Å². The summed E-state index contributed by atoms with van der Waals surface area (Å²) < 4.78 is 0. The van der Waals surface area contributed by atoms with E-state index in [4.69, 9.17) is 0 Å². The number of carbonyl (C=O) groups is 1. The maximum Gasteiger partial charge on any atom is 0.241 e. The van der Waals surface area contributed by atoms with Gasteiger partial charge in [0.1, 0.15) is 0 Å². The number of aromatic nitrogens is 1. The van der Waals surface area contributed by atoms with Gasteiger partial charge in [0, 0.05) is 30.7 Å². The molecule has 4 heteroatoms. The summed E-state index contributed by atoms with van der Waals surface area (Å²) in [4.78, 5) is 19.8. The van der Waals surface area contributed by atoms with Gasteiger partial charge in [0.15, 0.2) is 0 Å². The van der Waals surface area contributed by atoms with E-state index in [1.54, 1.807) is 6.20 Å². The smallest absolute Gasteiger partial charge is 0.241 e. The number of piperazine rings is 1. The number of amides is 1. The van der Waals surface area contributed by atoms with Crippen molar-refractivity contribution in [2.75, 3.05) is 31.6 Å². The van der Waals surface area contributed by atoms with Gasteiger partial charge in [-0.3, -0.25) is 14.7 Å². The molecule has 1 amide bonds. The highest BCUT2D eigenvalue weighted by Gasteiger charge is 2.22. The van der Waals surface area contributed by atoms with Gasteiger partial charge in [-0.1, -0.05) is 0 Å². The predicted molar refractivity (Wildman–Crippen MR) is 58.8 cm³/mol. The third-order valence-corrected chi connectivity index (χ3v) is 2.60. The van der Waals surface area contributed by atoms with E-state index in [9.17, 15) is 4.79 Å². The highest BCUT2D eigenvalue weighted by molar-refractivity contribution is 5.95. The molecule has 1 aromatic heterocycles. The van der Waals surface area contributed by atoms with Crippen LogP contribution in [0.3, 0.4) is 0 Å². The normalized spacial score (nSPS) is 18.3. The Labute approximate surface area is 89.5 Å². The van der Waals surface area contributed by atoms with Gasteiger partial charge in [-0.25, -0.2) is 0 Å². The zero-order valence-corrected chi connectivity index (χ0v) is 9.10. The molecule has 1 saturated heterocycles. The Balaban J connectivity index is 2.20. The van der Waals surface area contributed by atoms with Crippen LogP contribution in [-0.4, -0.2) is 42.5 Å². The zero-order chi connectivity index (χ0) is 10.8. The maximum absolute atomic E-state index is 11.8. The quantitative estimate of drug-likeness (QED) is 0.676. The summed E-state index contributed by atoms with van der Waals surface area (Å²) in [5.74, 6) is 0.161. The lowest BCUT2D eigenvalue weighted by atomic mass is 10.2. The predicted octanol–water partition coefficient (Wildman–Crippen LogP) is 0.668. The Bertz CT molecular complexity index is 378. The number of hydrogen-bond donors (Lipinski definition) is 0. The number of hydrogen-bond acceptors (Lipinski definition) is 3. The van der Waals surface area contributed by atoms with E-state index in [0.717, 1.165) is 24.5 Å². The lowest BCUT2D eigenvalue weighted by Gasteiger charge is -2.32. The van der Waals surface area contributed by atoms with E-state index in [1.165, 1.54) is 0 Å². The summed E-state index contributed by atoms with van der Waals surface area (Å²) >= 11 is 0. The minimum Gasteiger partial charge on any atom is -0.310 e. The molecule has 1 fully saturated rings. The molecule has 0 bridgehead atoms. The van der Waals surface area contributed by atoms with Crippen molar-refractivity contribution in [3.63, 3.8) is 0 Å². The van der Waals surface area contributed by atoms with Crippen molar-refractivity contribution in [1.29, 1.82) is 0 Å². The molecule has 2 rings (SSSR count). The van der Waals surface area contributed by atoms with Gasteiger partial charge >= 0.3 is 0 Å². The van der Waals surface area contributed by atoms with Gasteiger partial charge in [-0.05, 0) is 26.1 Å². The molecule has 2 heterocycles. The molecular formula is C11H15N3O. The number of carbonyl (C=O) groups excluding carboxylic acids is 1. The summed E-state index contributed by atoms with van der Waals surface area (Å²) in [6.45, 7) is 4.12. The fourth-order valence-electron chi connectivity index (χ4n) is 1.76. The van der Waals surface area contributed by atoms with Crippen molar-refractivity contribution in [2.45, 2.75) is 6.92 Å². The Morgan fingerprint density at radius 2 is 2.20 bits per heavy atom. The van der Waals surface area contributed by atoms with E-state index < -0.39 is 0 Å². The molecule has 0 radical (unpaired) electrons. The minimum atomic E-state index is 0.161. The van der Waals surface area contributed by atoms with Crippen LogP contribution in [0.1, 0.15) is 5.69 Å². The molecule has 1 aliphatic rings. The molecule has 0 atom stereocenters. The van der Waals surface area contributed by atoms with Gasteiger partial charge in [-0.15, -0.1) is 0 Å². The number of pyridine rings is 1. The van der Waals surface area contributed by atoms with Crippen molar-refractivity contribution >= 4 is 11.6 Å². The summed E-state index contributed by atoms with van der Waals surface area (Å²) in [7, 11) is 1.97. The summed E-state index contributed by atoms with van der Waals surface area (Å²) in [5.41, 5.74) is 1.90. The van der Waals surface area contributed by atoms with Crippen molar-refractivity contribution in [3.8, 4) is 0 Å². The number of rotatable bonds is 1. The number of aryl methyl sites for hydroxylation is 1. The third-order valence-electron chi connectivity index (χ3n) is 2.60. The van der Waals surface area contributed by atoms with Crippen LogP contribution in [0.4, 0.5) is 5.69 Å². The summed E-state index contributed by atoms with van der Waals surface area (Å²) in [6.07, 6.45) is 1.75. The molecule has 80 valence electrons. The first-order chi connectivity index (χ1) is 7.16. The average Bonchev–Trinajstić information content (AvgIpc) is 2.17. The SMILES string of the molecule is Cc1cc(N2CCN(C)CC2=O)ccn1. The van der Waals surface area contributed by atoms with E-state index in [1.807, 2.05) is 35.9 Å². The number of nitrogens with zero attached hydrogens (tertiary/aromatic N) is 3. The molecule has 1 aliphatic heterocycles. The largest absolute Gasteiger partial charge is 0.310 e. The van der Waals surface area contributed by atoms with Gasteiger partial charge in [-0.2, -0.15) is 0 Å². The minimum absolute atomic E-state index is 0.161. The Hall–Kier alpha value is -1.42. The van der Waals surface area contributed by atoms with Crippen LogP contribution in [0, 0.1) is 6.92 Å². The highest BCUT2D eigenvalue weighted by Crippen LogP contribution is 2.16. The lowest BCUT2D eigenvalue weighted by Crippen LogP contribution is -2.48. The number of anilines is 1. The van der Waals surface area contributed by atoms with Crippen LogP contribution in [0.5, 0.6) is 0 Å². The first-order valence-electron chi connectivity index (χ1n) is 5.08. The summed E-state index contributed by atoms with van der Waals surface area (Å²) in [5, 5.41) is 0. The fourth-order valence-corrected chi connectivity index (χ4v) is 1.76. The fraction of sp³-hybridized carbons (Fsp3) is 0.455. The van der Waals surface area contributed by atoms with E-state index in [-0.39, 0.29) is 5.91 Å². The first kappa shape index (κ1) is 10.1. The molecule has 0 unspecified atom stereocenters. The van der Waals surface area contributed by atoms with Crippen molar-refractivity contribution in [3.05, 3.63) is 24.0 Å². The number of likely N-dealkylation sites (N-methyl/N-ethyl adjacent to an activating group) is 1. The highest BCUT2D eigenvalue weighted by atomic mass is 16.2. The monoisotopic (exact) mass is 205 g/mol. The molecule has 0 spiro atoms. The molecule has 0 N–H and O–H groups in total. The van der Waals surface area contributed by atoms with Gasteiger partial charge < -0.3 is 4.90 Å². The molecule has 0 aliphatic carbocycles. The van der Waals surface area contributed by atoms with E-state index >= 15 is 0 Å². The van der Waals surface area contributed by atoms with Crippen LogP contribution in [0.15, 0.2) is 18.3 Å². The Morgan fingerprint density at radius 3 is 2.87 bits per heavy atom. The Kier molecular flexibility index (Phi) is 2.68. The molecule has 0 aromatic carbocycles. The average molecular weight is 205 g/mol. The van der Waals surface area contributed by atoms with Crippen molar-refractivity contribution in [2.24, 2.45) is 0 Å². The zero-order valence-electron chi connectivity index (χ0n) is 9.10. The van der Waals surface area contributed by atoms with Gasteiger partial charge in [0.2, 0.25) is 5.91 Å². The van der Waals surface area contributed by atoms with Gasteiger partial charge in [0.05, 0.1) is 6.54 Å². The maximum atomic E-state index is 11.8. The second-order valence-corrected chi connectivity index (χ2v) is 3.94. The molecule has 0 saturated carbocycles. The van der Waals surface area contributed by atoms with Crippen molar-refractivity contribution < 1.29 is 4.79 Å². The molecule has 1 aromatic rings. The topological polar surface area (TPSA) is 36.4 Å². The van der Waals surface area contributed by atoms with Crippen LogP contribution in [-0.2, 0) is 4.79 Å². The van der Waals surface area contributed by atoms with Crippen LogP contribution in [0.25, 0.3) is 0 Å². The van der Waals surface area contributed by atoms with Gasteiger partial charge in [0.25, 0.3) is 0 Å². The van der Waals surface area contributed by atoms with Crippen molar-refractivity contribution in [1.82, 2.24) is 9.88 Å². The first-order valence-corrected chi connectivity index (χ1v) is 5.08. The standard InChI is InChI=1S/C11H15N3O/c1-9-7-10(3-4-12-9)14-6-5-13(2)8-11(14)15/h3-4,7H,5-6,8H2,1-2H3.